The molecule has 1 aliphatic rings. The van der Waals surface area contributed by atoms with Crippen molar-refractivity contribution in [1.82, 2.24) is 0 Å². The van der Waals surface area contributed by atoms with Crippen molar-refractivity contribution >= 4 is 22.6 Å². The highest BCUT2D eigenvalue weighted by Gasteiger charge is 2.19. The molecule has 0 aliphatic carbocycles. The maximum Gasteiger partial charge on any atom is 0.161 e. The van der Waals surface area contributed by atoms with Crippen LogP contribution < -0.4 is 10.1 Å². The number of benzene rings is 1. The number of ether oxygens (including phenoxy) is 1. The Labute approximate surface area is 111 Å². The number of anilines is 1. The van der Waals surface area contributed by atoms with Crippen LogP contribution in [0, 0.1) is 5.82 Å². The Hall–Kier alpha value is -1.23. The van der Waals surface area contributed by atoms with Crippen LogP contribution >= 0.6 is 11.8 Å². The molecule has 0 fully saturated rings. The lowest BCUT2D eigenvalue weighted by atomic mass is 10.2. The quantitative estimate of drug-likeness (QED) is 0.907. The molecule has 1 atom stereocenters. The van der Waals surface area contributed by atoms with Gasteiger partial charge in [0.25, 0.3) is 0 Å². The molecule has 3 nitrogen and oxygen atoms in total. The minimum absolute atomic E-state index is 0.303. The standard InChI is InChI=1S/C13H17FN2OS/c1-3-4-10-8-15-13(18-10)16-11-6-5-9(14)7-12(11)17-2/h5-7,10H,3-4,8H2,1-2H3,(H,15,16). The summed E-state index contributed by atoms with van der Waals surface area (Å²) >= 11 is 1.74. The molecule has 0 bridgehead atoms. The van der Waals surface area contributed by atoms with E-state index in [1.807, 2.05) is 0 Å². The van der Waals surface area contributed by atoms with E-state index in [0.29, 0.717) is 11.0 Å². The number of aliphatic imine (C=N–C) groups is 1. The number of nitrogens with zero attached hydrogens (tertiary/aromatic N) is 1. The van der Waals surface area contributed by atoms with Crippen LogP contribution in [0.5, 0.6) is 5.75 Å². The van der Waals surface area contributed by atoms with Crippen LogP contribution in [0.1, 0.15) is 19.8 Å². The summed E-state index contributed by atoms with van der Waals surface area (Å²) in [5.74, 6) is 0.194. The van der Waals surface area contributed by atoms with Crippen molar-refractivity contribution in [3.05, 3.63) is 24.0 Å². The highest BCUT2D eigenvalue weighted by Crippen LogP contribution is 2.30. The molecule has 18 heavy (non-hydrogen) atoms. The summed E-state index contributed by atoms with van der Waals surface area (Å²) in [5.41, 5.74) is 0.752. The van der Waals surface area contributed by atoms with Gasteiger partial charge in [0, 0.05) is 11.3 Å². The van der Waals surface area contributed by atoms with Gasteiger partial charge in [0.1, 0.15) is 11.6 Å². The number of hydrogen-bond acceptors (Lipinski definition) is 4. The Bertz CT molecular complexity index is 451. The number of thioether (sulfide) groups is 1. The zero-order valence-electron chi connectivity index (χ0n) is 10.6. The van der Waals surface area contributed by atoms with Crippen LogP contribution in [-0.4, -0.2) is 24.1 Å². The second kappa shape index (κ2) is 6.09. The lowest BCUT2D eigenvalue weighted by Crippen LogP contribution is -2.08. The first-order valence-corrected chi connectivity index (χ1v) is 6.92. The van der Waals surface area contributed by atoms with Gasteiger partial charge in [-0.15, -0.1) is 0 Å². The Kier molecular flexibility index (Phi) is 4.47. The SMILES string of the molecule is CCCC1CN=C(Nc2ccc(F)cc2OC)S1. The van der Waals surface area contributed by atoms with Gasteiger partial charge in [-0.1, -0.05) is 25.1 Å². The third kappa shape index (κ3) is 3.16. The van der Waals surface area contributed by atoms with E-state index in [4.69, 9.17) is 4.74 Å². The first-order valence-electron chi connectivity index (χ1n) is 6.04. The zero-order chi connectivity index (χ0) is 13.0. The van der Waals surface area contributed by atoms with Crippen LogP contribution in [0.15, 0.2) is 23.2 Å². The predicted octanol–water partition coefficient (Wildman–Crippen LogP) is 3.52. The molecular weight excluding hydrogens is 251 g/mol. The van der Waals surface area contributed by atoms with E-state index in [1.54, 1.807) is 17.8 Å². The molecule has 98 valence electrons. The lowest BCUT2D eigenvalue weighted by Gasteiger charge is -2.11. The van der Waals surface area contributed by atoms with Crippen LogP contribution in [-0.2, 0) is 0 Å². The number of rotatable bonds is 4. The van der Waals surface area contributed by atoms with Crippen molar-refractivity contribution in [1.29, 1.82) is 0 Å². The summed E-state index contributed by atoms with van der Waals surface area (Å²) in [6.07, 6.45) is 2.33. The number of halogens is 1. The molecule has 1 heterocycles. The molecule has 1 N–H and O–H groups in total. The summed E-state index contributed by atoms with van der Waals surface area (Å²) in [7, 11) is 1.53. The topological polar surface area (TPSA) is 33.6 Å². The summed E-state index contributed by atoms with van der Waals surface area (Å²) < 4.78 is 18.2. The van der Waals surface area contributed by atoms with Crippen molar-refractivity contribution in [3.63, 3.8) is 0 Å². The normalized spacial score (nSPS) is 18.6. The van der Waals surface area contributed by atoms with Crippen LogP contribution in [0.4, 0.5) is 10.1 Å². The number of methoxy groups -OCH3 is 1. The fraction of sp³-hybridized carbons (Fsp3) is 0.462. The monoisotopic (exact) mass is 268 g/mol. The maximum absolute atomic E-state index is 13.1. The van der Waals surface area contributed by atoms with E-state index in [-0.39, 0.29) is 5.82 Å². The Morgan fingerprint density at radius 2 is 2.39 bits per heavy atom. The molecular formula is C13H17FN2OS. The molecule has 1 unspecified atom stereocenters. The van der Waals surface area contributed by atoms with Crippen molar-refractivity contribution < 1.29 is 9.13 Å². The van der Waals surface area contributed by atoms with Crippen molar-refractivity contribution in [3.8, 4) is 5.75 Å². The molecule has 0 saturated heterocycles. The van der Waals surface area contributed by atoms with E-state index in [0.717, 1.165) is 17.4 Å². The van der Waals surface area contributed by atoms with E-state index in [1.165, 1.54) is 32.1 Å². The van der Waals surface area contributed by atoms with Crippen molar-refractivity contribution in [2.45, 2.75) is 25.0 Å². The highest BCUT2D eigenvalue weighted by atomic mass is 32.2. The number of amidine groups is 1. The van der Waals surface area contributed by atoms with Crippen LogP contribution in [0.2, 0.25) is 0 Å². The smallest absolute Gasteiger partial charge is 0.161 e. The minimum Gasteiger partial charge on any atom is -0.494 e. The van der Waals surface area contributed by atoms with Crippen LogP contribution in [0.25, 0.3) is 0 Å². The van der Waals surface area contributed by atoms with E-state index in [2.05, 4.69) is 17.2 Å². The van der Waals surface area contributed by atoms with Crippen LogP contribution in [0.3, 0.4) is 0 Å². The van der Waals surface area contributed by atoms with Gasteiger partial charge in [-0.2, -0.15) is 0 Å². The van der Waals surface area contributed by atoms with Crippen molar-refractivity contribution in [2.24, 2.45) is 4.99 Å². The van der Waals surface area contributed by atoms with Gasteiger partial charge in [0.2, 0.25) is 0 Å². The maximum atomic E-state index is 13.1. The number of hydrogen-bond donors (Lipinski definition) is 1. The average Bonchev–Trinajstić information content (AvgIpc) is 2.79. The molecule has 2 rings (SSSR count). The summed E-state index contributed by atoms with van der Waals surface area (Å²) in [6.45, 7) is 3.03. The molecule has 1 aliphatic heterocycles. The summed E-state index contributed by atoms with van der Waals surface area (Å²) in [4.78, 5) is 4.45. The Morgan fingerprint density at radius 3 is 3.11 bits per heavy atom. The third-order valence-corrected chi connectivity index (χ3v) is 3.91. The molecule has 0 spiro atoms. The first kappa shape index (κ1) is 13.2. The molecule has 0 amide bonds. The molecule has 5 heteroatoms. The molecule has 0 aromatic heterocycles. The zero-order valence-corrected chi connectivity index (χ0v) is 11.4. The first-order chi connectivity index (χ1) is 8.72. The third-order valence-electron chi connectivity index (χ3n) is 2.73. The van der Waals surface area contributed by atoms with E-state index in [9.17, 15) is 4.39 Å². The average molecular weight is 268 g/mol. The highest BCUT2D eigenvalue weighted by molar-refractivity contribution is 8.15. The molecule has 0 saturated carbocycles. The molecule has 1 aromatic rings. The van der Waals surface area contributed by atoms with Gasteiger partial charge in [-0.25, -0.2) is 4.39 Å². The lowest BCUT2D eigenvalue weighted by molar-refractivity contribution is 0.413. The number of nitrogens with one attached hydrogen (secondary N) is 1. The Morgan fingerprint density at radius 1 is 1.56 bits per heavy atom. The minimum atomic E-state index is -0.303. The van der Waals surface area contributed by atoms with E-state index < -0.39 is 0 Å². The molecule has 0 radical (unpaired) electrons. The van der Waals surface area contributed by atoms with Gasteiger partial charge in [-0.05, 0) is 18.6 Å². The second-order valence-electron chi connectivity index (χ2n) is 4.14. The second-order valence-corrected chi connectivity index (χ2v) is 5.43. The molecule has 1 aromatic carbocycles. The fourth-order valence-corrected chi connectivity index (χ4v) is 2.98. The fourth-order valence-electron chi connectivity index (χ4n) is 1.84. The predicted molar refractivity (Wildman–Crippen MR) is 75.2 cm³/mol. The summed E-state index contributed by atoms with van der Waals surface area (Å²) in [6, 6.07) is 4.45. The van der Waals surface area contributed by atoms with E-state index >= 15 is 0 Å². The summed E-state index contributed by atoms with van der Waals surface area (Å²) in [5, 5.41) is 4.64. The van der Waals surface area contributed by atoms with Crippen molar-refractivity contribution in [2.75, 3.05) is 19.0 Å². The Balaban J connectivity index is 2.02. The van der Waals surface area contributed by atoms with Gasteiger partial charge >= 0.3 is 0 Å². The van der Waals surface area contributed by atoms with Gasteiger partial charge in [0.05, 0.1) is 19.3 Å². The van der Waals surface area contributed by atoms with Gasteiger partial charge < -0.3 is 10.1 Å². The van der Waals surface area contributed by atoms with Gasteiger partial charge in [-0.3, -0.25) is 4.99 Å². The largest absolute Gasteiger partial charge is 0.494 e. The van der Waals surface area contributed by atoms with Gasteiger partial charge in [0.15, 0.2) is 5.17 Å².